The van der Waals surface area contributed by atoms with E-state index in [0.717, 1.165) is 17.7 Å². The molecular weight excluding hydrogens is 384 g/mol. The number of carbonyl (C=O) groups is 1. The summed E-state index contributed by atoms with van der Waals surface area (Å²) in [5.74, 6) is -0.0603. The predicted molar refractivity (Wildman–Crippen MR) is 115 cm³/mol. The summed E-state index contributed by atoms with van der Waals surface area (Å²) >= 11 is 1.37. The van der Waals surface area contributed by atoms with Gasteiger partial charge in [-0.3, -0.25) is 4.79 Å². The van der Waals surface area contributed by atoms with E-state index in [1.165, 1.54) is 11.8 Å². The van der Waals surface area contributed by atoms with E-state index >= 15 is 0 Å². The van der Waals surface area contributed by atoms with Gasteiger partial charge in [-0.25, -0.2) is 4.68 Å². The van der Waals surface area contributed by atoms with Crippen LogP contribution >= 0.6 is 11.8 Å². The number of thioether (sulfide) groups is 1. The molecule has 0 spiro atoms. The number of likely N-dealkylation sites (N-methyl/N-ethyl adjacent to an activating group) is 1. The largest absolute Gasteiger partial charge is 0.344 e. The van der Waals surface area contributed by atoms with Gasteiger partial charge in [0.2, 0.25) is 11.1 Å². The minimum Gasteiger partial charge on any atom is -0.344 e. The van der Waals surface area contributed by atoms with Gasteiger partial charge < -0.3 is 10.2 Å². The molecule has 0 bridgehead atoms. The molecule has 1 heterocycles. The minimum absolute atomic E-state index is 0.0603. The Balaban J connectivity index is 1.71. The number of nitrogens with one attached hydrogen (secondary N) is 1. The molecule has 3 aromatic rings. The molecule has 8 heteroatoms. The highest BCUT2D eigenvalue weighted by Crippen LogP contribution is 2.25. The van der Waals surface area contributed by atoms with E-state index in [4.69, 9.17) is 0 Å². The van der Waals surface area contributed by atoms with Gasteiger partial charge in [0.05, 0.1) is 17.8 Å². The van der Waals surface area contributed by atoms with Gasteiger partial charge in [-0.05, 0) is 42.6 Å². The number of amides is 1. The van der Waals surface area contributed by atoms with Crippen LogP contribution in [0.3, 0.4) is 0 Å². The Labute approximate surface area is 175 Å². The van der Waals surface area contributed by atoms with E-state index in [0.29, 0.717) is 11.7 Å². The normalized spacial score (nSPS) is 12.3. The molecule has 0 saturated carbocycles. The van der Waals surface area contributed by atoms with Crippen molar-refractivity contribution in [1.82, 2.24) is 30.4 Å². The van der Waals surface area contributed by atoms with Crippen molar-refractivity contribution in [1.29, 1.82) is 0 Å². The summed E-state index contributed by atoms with van der Waals surface area (Å²) in [5.41, 5.74) is 2.08. The van der Waals surface area contributed by atoms with Crippen LogP contribution in [0, 0.1) is 0 Å². The van der Waals surface area contributed by atoms with Crippen LogP contribution in [0.1, 0.15) is 24.1 Å². The maximum Gasteiger partial charge on any atom is 0.234 e. The molecule has 152 valence electrons. The first kappa shape index (κ1) is 21.0. The Morgan fingerprint density at radius 2 is 1.66 bits per heavy atom. The maximum absolute atomic E-state index is 13.0. The zero-order valence-electron chi connectivity index (χ0n) is 16.9. The molecular formula is C21H26N6OS. The number of nitrogens with zero attached hydrogens (tertiary/aromatic N) is 5. The van der Waals surface area contributed by atoms with Gasteiger partial charge in [0.25, 0.3) is 0 Å². The first-order valence-electron chi connectivity index (χ1n) is 9.52. The van der Waals surface area contributed by atoms with Crippen LogP contribution in [-0.2, 0) is 11.3 Å². The smallest absolute Gasteiger partial charge is 0.234 e. The van der Waals surface area contributed by atoms with Gasteiger partial charge in [0.1, 0.15) is 0 Å². The predicted octanol–water partition coefficient (Wildman–Crippen LogP) is 2.62. The third-order valence-corrected chi connectivity index (χ3v) is 5.53. The maximum atomic E-state index is 13.0. The second kappa shape index (κ2) is 10.2. The Bertz CT molecular complexity index is 860. The molecule has 0 fully saturated rings. The summed E-state index contributed by atoms with van der Waals surface area (Å²) in [6.07, 6.45) is 0. The van der Waals surface area contributed by atoms with Crippen LogP contribution in [0.2, 0.25) is 0 Å². The second-order valence-electron chi connectivity index (χ2n) is 7.01. The first-order valence-corrected chi connectivity index (χ1v) is 10.4. The van der Waals surface area contributed by atoms with Crippen molar-refractivity contribution >= 4 is 17.7 Å². The van der Waals surface area contributed by atoms with Crippen LogP contribution in [0.4, 0.5) is 0 Å². The number of benzene rings is 2. The summed E-state index contributed by atoms with van der Waals surface area (Å²) < 4.78 is 1.74. The molecule has 0 aliphatic carbocycles. The van der Waals surface area contributed by atoms with Gasteiger partial charge >= 0.3 is 0 Å². The van der Waals surface area contributed by atoms with E-state index in [-0.39, 0.29) is 17.2 Å². The number of aromatic nitrogens is 4. The zero-order chi connectivity index (χ0) is 20.6. The Morgan fingerprint density at radius 3 is 2.21 bits per heavy atom. The van der Waals surface area contributed by atoms with Gasteiger partial charge in [0.15, 0.2) is 0 Å². The Hall–Kier alpha value is -2.71. The second-order valence-corrected chi connectivity index (χ2v) is 8.32. The molecule has 0 aliphatic heterocycles. The average molecular weight is 411 g/mol. The third-order valence-electron chi connectivity index (χ3n) is 4.46. The minimum atomic E-state index is -0.339. The molecule has 7 nitrogen and oxygen atoms in total. The number of rotatable bonds is 9. The number of tetrazole rings is 1. The Kier molecular flexibility index (Phi) is 7.37. The first-order chi connectivity index (χ1) is 14.0. The van der Waals surface area contributed by atoms with Gasteiger partial charge in [0, 0.05) is 6.54 Å². The van der Waals surface area contributed by atoms with Crippen molar-refractivity contribution < 1.29 is 4.79 Å². The third kappa shape index (κ3) is 5.88. The van der Waals surface area contributed by atoms with Crippen molar-refractivity contribution in [3.05, 3.63) is 71.8 Å². The number of hydrogen-bond acceptors (Lipinski definition) is 6. The fourth-order valence-corrected chi connectivity index (χ4v) is 3.66. The van der Waals surface area contributed by atoms with Gasteiger partial charge in [-0.2, -0.15) is 0 Å². The molecule has 2 aromatic carbocycles. The van der Waals surface area contributed by atoms with Crippen LogP contribution in [0.15, 0.2) is 65.8 Å². The number of carbonyl (C=O) groups excluding carboxylic acids is 1. The van der Waals surface area contributed by atoms with Crippen molar-refractivity contribution in [2.75, 3.05) is 20.6 Å². The summed E-state index contributed by atoms with van der Waals surface area (Å²) in [5, 5.41) is 15.4. The summed E-state index contributed by atoms with van der Waals surface area (Å²) in [7, 11) is 4.00. The van der Waals surface area contributed by atoms with Gasteiger partial charge in [-0.1, -0.05) is 72.4 Å². The lowest BCUT2D eigenvalue weighted by Crippen LogP contribution is -2.35. The molecule has 1 unspecified atom stereocenters. The zero-order valence-corrected chi connectivity index (χ0v) is 17.7. The number of hydrogen-bond donors (Lipinski definition) is 1. The fraction of sp³-hybridized carbons (Fsp3) is 0.333. The standard InChI is InChI=1S/C21H26N6OS/c1-16(29-21-23-24-25-27(21)15-14-26(2)3)20(28)22-19(17-10-6-4-7-11-17)18-12-8-5-9-13-18/h4-13,16,19H,14-15H2,1-3H3,(H,22,28). The van der Waals surface area contributed by atoms with E-state index < -0.39 is 0 Å². The lowest BCUT2D eigenvalue weighted by atomic mass is 9.98. The van der Waals surface area contributed by atoms with E-state index in [9.17, 15) is 4.79 Å². The van der Waals surface area contributed by atoms with E-state index in [1.807, 2.05) is 81.7 Å². The molecule has 0 radical (unpaired) electrons. The monoisotopic (exact) mass is 410 g/mol. The van der Waals surface area contributed by atoms with Crippen LogP contribution in [-0.4, -0.2) is 56.9 Å². The van der Waals surface area contributed by atoms with E-state index in [2.05, 4.69) is 25.7 Å². The lowest BCUT2D eigenvalue weighted by Gasteiger charge is -2.22. The molecule has 0 saturated heterocycles. The molecule has 1 N–H and O–H groups in total. The average Bonchev–Trinajstić information content (AvgIpc) is 3.18. The highest BCUT2D eigenvalue weighted by atomic mass is 32.2. The molecule has 1 amide bonds. The van der Waals surface area contributed by atoms with Crippen molar-refractivity contribution in [2.45, 2.75) is 29.9 Å². The molecule has 1 atom stereocenters. The van der Waals surface area contributed by atoms with Crippen molar-refractivity contribution in [3.8, 4) is 0 Å². The van der Waals surface area contributed by atoms with E-state index in [1.54, 1.807) is 4.68 Å². The van der Waals surface area contributed by atoms with Crippen molar-refractivity contribution in [2.24, 2.45) is 0 Å². The quantitative estimate of drug-likeness (QED) is 0.547. The summed E-state index contributed by atoms with van der Waals surface area (Å²) in [6, 6.07) is 19.8. The molecule has 29 heavy (non-hydrogen) atoms. The summed E-state index contributed by atoms with van der Waals surface area (Å²) in [4.78, 5) is 15.1. The van der Waals surface area contributed by atoms with Crippen LogP contribution in [0.5, 0.6) is 0 Å². The molecule has 1 aromatic heterocycles. The van der Waals surface area contributed by atoms with Crippen molar-refractivity contribution in [3.63, 3.8) is 0 Å². The highest BCUT2D eigenvalue weighted by Gasteiger charge is 2.23. The van der Waals surface area contributed by atoms with Crippen LogP contribution in [0.25, 0.3) is 0 Å². The Morgan fingerprint density at radius 1 is 1.07 bits per heavy atom. The highest BCUT2D eigenvalue weighted by molar-refractivity contribution is 8.00. The summed E-state index contributed by atoms with van der Waals surface area (Å²) in [6.45, 7) is 3.37. The van der Waals surface area contributed by atoms with Crippen LogP contribution < -0.4 is 5.32 Å². The lowest BCUT2D eigenvalue weighted by molar-refractivity contribution is -0.120. The SMILES string of the molecule is CC(Sc1nnnn1CCN(C)C)C(=O)NC(c1ccccc1)c1ccccc1. The molecule has 0 aliphatic rings. The topological polar surface area (TPSA) is 75.9 Å². The molecule has 3 rings (SSSR count). The van der Waals surface area contributed by atoms with Gasteiger partial charge in [-0.15, -0.1) is 5.10 Å². The fourth-order valence-electron chi connectivity index (χ4n) is 2.84.